The molecule has 1 spiro atoms. The fourth-order valence-electron chi connectivity index (χ4n) is 7.75. The van der Waals surface area contributed by atoms with Crippen LogP contribution >= 0.6 is 0 Å². The number of amides is 1. The molecule has 3 aliphatic rings. The van der Waals surface area contributed by atoms with Gasteiger partial charge < -0.3 is 30.7 Å². The maximum atomic E-state index is 14.6. The van der Waals surface area contributed by atoms with Crippen molar-refractivity contribution in [2.24, 2.45) is 0 Å². The molecule has 3 N–H and O–H groups in total. The Hall–Kier alpha value is -3.17. The van der Waals surface area contributed by atoms with Crippen molar-refractivity contribution in [3.8, 4) is 0 Å². The smallest absolute Gasteiger partial charge is 0.255 e. The van der Waals surface area contributed by atoms with E-state index in [1.54, 1.807) is 0 Å². The van der Waals surface area contributed by atoms with E-state index >= 15 is 0 Å². The van der Waals surface area contributed by atoms with Crippen LogP contribution in [0.1, 0.15) is 46.3 Å². The van der Waals surface area contributed by atoms with Crippen LogP contribution in [0.15, 0.2) is 60.7 Å². The van der Waals surface area contributed by atoms with Crippen LogP contribution in [0.25, 0.3) is 0 Å². The zero-order valence-corrected chi connectivity index (χ0v) is 28.3. The van der Waals surface area contributed by atoms with E-state index in [-0.39, 0.29) is 5.91 Å². The van der Waals surface area contributed by atoms with E-state index in [0.717, 1.165) is 62.6 Å². The summed E-state index contributed by atoms with van der Waals surface area (Å²) in [6.45, 7) is 12.6. The summed E-state index contributed by atoms with van der Waals surface area (Å²) in [7, 11) is 4.09. The Morgan fingerprint density at radius 2 is 1.55 bits per heavy atom. The minimum atomic E-state index is -2.14. The lowest BCUT2D eigenvalue weighted by Crippen LogP contribution is -2.66. The first-order valence-electron chi connectivity index (χ1n) is 16.5. The fraction of sp³-hybridized carbons (Fsp3) is 0.472. The largest absolute Gasteiger partial charge is 0.388 e. The van der Waals surface area contributed by atoms with Crippen LogP contribution in [0, 0.1) is 0 Å². The molecule has 1 fully saturated rings. The molecule has 1 saturated heterocycles. The molecule has 0 radical (unpaired) electrons. The lowest BCUT2D eigenvalue weighted by molar-refractivity contribution is 0.0648. The minimum absolute atomic E-state index is 0.145. The lowest BCUT2D eigenvalue weighted by Gasteiger charge is -2.49. The Morgan fingerprint density at radius 1 is 0.818 bits per heavy atom. The van der Waals surface area contributed by atoms with Gasteiger partial charge in [-0.2, -0.15) is 0 Å². The van der Waals surface area contributed by atoms with Crippen LogP contribution in [0.5, 0.6) is 0 Å². The molecule has 0 bridgehead atoms. The Kier molecular flexibility index (Phi) is 8.88. The van der Waals surface area contributed by atoms with Crippen LogP contribution < -0.4 is 31.2 Å². The molecule has 3 aromatic rings. The average molecular weight is 611 g/mol. The highest BCUT2D eigenvalue weighted by atomic mass is 28.3. The summed E-state index contributed by atoms with van der Waals surface area (Å²) in [5.74, 6) is 0.145. The topological polar surface area (TPSA) is 62.9 Å². The second-order valence-corrected chi connectivity index (χ2v) is 17.7. The summed E-state index contributed by atoms with van der Waals surface area (Å²) < 4.78 is 0. The molecule has 0 saturated carbocycles. The highest BCUT2D eigenvalue weighted by molar-refractivity contribution is 7.01. The molecule has 0 unspecified atom stereocenters. The van der Waals surface area contributed by atoms with Crippen molar-refractivity contribution in [1.82, 2.24) is 20.4 Å². The molecule has 1 atom stereocenters. The van der Waals surface area contributed by atoms with Gasteiger partial charge in [0.25, 0.3) is 5.91 Å². The number of carbonyl (C=O) groups excluding carboxylic acids is 1. The standard InChI is InChI=1S/C36H50N6OSi/c1-37-27-13-15-31-33(25-27)44(4,5)34-26-28(40(2)3)14-16-32(34)36(31)30-12-8-7-11-29(30)35(43)42(36)24-23-41-21-10-6-9-17-38-18-19-39-20-22-41/h7-8,11-16,25-26,37-39H,6,9-10,17-24H2,1-5H3/t36-/m1/s1. The first kappa shape index (κ1) is 30.8. The van der Waals surface area contributed by atoms with E-state index in [0.29, 0.717) is 6.54 Å². The number of fused-ring (bicyclic) bond motifs is 6. The van der Waals surface area contributed by atoms with E-state index in [1.165, 1.54) is 46.5 Å². The summed E-state index contributed by atoms with van der Waals surface area (Å²) >= 11 is 0. The van der Waals surface area contributed by atoms with E-state index in [1.807, 2.05) is 19.2 Å². The third-order valence-corrected chi connectivity index (χ3v) is 13.7. The number of nitrogens with one attached hydrogen (secondary N) is 3. The summed E-state index contributed by atoms with van der Waals surface area (Å²) in [6, 6.07) is 22.3. The maximum Gasteiger partial charge on any atom is 0.255 e. The summed E-state index contributed by atoms with van der Waals surface area (Å²) in [4.78, 5) is 21.6. The van der Waals surface area contributed by atoms with Crippen LogP contribution in [-0.2, 0) is 5.54 Å². The summed E-state index contributed by atoms with van der Waals surface area (Å²) in [5, 5.41) is 13.4. The second-order valence-electron chi connectivity index (χ2n) is 13.4. The molecular weight excluding hydrogens is 561 g/mol. The van der Waals surface area contributed by atoms with Crippen molar-refractivity contribution in [2.45, 2.75) is 37.9 Å². The number of hydrogen-bond donors (Lipinski definition) is 3. The number of nitrogens with zero attached hydrogens (tertiary/aromatic N) is 3. The third kappa shape index (κ3) is 5.25. The van der Waals surface area contributed by atoms with Crippen LogP contribution in [0.4, 0.5) is 11.4 Å². The van der Waals surface area contributed by atoms with Crippen molar-refractivity contribution >= 4 is 35.7 Å². The number of hydrogen-bond acceptors (Lipinski definition) is 6. The molecule has 0 aliphatic carbocycles. The molecule has 3 aromatic carbocycles. The molecule has 6 rings (SSSR count). The predicted octanol–water partition coefficient (Wildman–Crippen LogP) is 3.34. The van der Waals surface area contributed by atoms with Gasteiger partial charge in [-0.1, -0.05) is 49.8 Å². The molecule has 8 heteroatoms. The van der Waals surface area contributed by atoms with Crippen molar-refractivity contribution in [2.75, 3.05) is 83.7 Å². The number of benzene rings is 3. The first-order valence-corrected chi connectivity index (χ1v) is 19.5. The molecule has 3 heterocycles. The fourth-order valence-corrected chi connectivity index (χ4v) is 10.9. The Morgan fingerprint density at radius 3 is 2.32 bits per heavy atom. The molecule has 44 heavy (non-hydrogen) atoms. The lowest BCUT2D eigenvalue weighted by atomic mass is 9.76. The number of carbonyl (C=O) groups is 1. The Balaban J connectivity index is 1.48. The van der Waals surface area contributed by atoms with Crippen molar-refractivity contribution in [3.05, 3.63) is 82.9 Å². The van der Waals surface area contributed by atoms with E-state index in [9.17, 15) is 4.79 Å². The van der Waals surface area contributed by atoms with Gasteiger partial charge in [-0.15, -0.1) is 0 Å². The van der Waals surface area contributed by atoms with E-state index < -0.39 is 13.6 Å². The van der Waals surface area contributed by atoms with E-state index in [2.05, 4.69) is 106 Å². The van der Waals surface area contributed by atoms with Crippen molar-refractivity contribution < 1.29 is 4.79 Å². The molecule has 7 nitrogen and oxygen atoms in total. The van der Waals surface area contributed by atoms with Gasteiger partial charge in [0.2, 0.25) is 0 Å². The molecule has 234 valence electrons. The minimum Gasteiger partial charge on any atom is -0.388 e. The molecule has 1 amide bonds. The maximum absolute atomic E-state index is 14.6. The van der Waals surface area contributed by atoms with Crippen LogP contribution in [0.3, 0.4) is 0 Å². The summed E-state index contributed by atoms with van der Waals surface area (Å²) in [5.41, 5.74) is 6.19. The second kappa shape index (κ2) is 12.7. The van der Waals surface area contributed by atoms with Gasteiger partial charge in [-0.25, -0.2) is 0 Å². The normalized spacial score (nSPS) is 22.0. The summed E-state index contributed by atoms with van der Waals surface area (Å²) in [6.07, 6.45) is 3.64. The number of anilines is 2. The molecular formula is C36H50N6OSi. The zero-order chi connectivity index (χ0) is 30.9. The molecule has 0 aromatic heterocycles. The SMILES string of the molecule is CNc1ccc2c(c1)[Si](C)(C)c1cc(N(C)C)ccc1[C@@]21c2ccccc2C(=O)N1CCN1CCCCCNCCNCC1. The van der Waals surface area contributed by atoms with Crippen molar-refractivity contribution in [3.63, 3.8) is 0 Å². The van der Waals surface area contributed by atoms with Crippen LogP contribution in [-0.4, -0.2) is 97.3 Å². The highest BCUT2D eigenvalue weighted by Crippen LogP contribution is 2.50. The van der Waals surface area contributed by atoms with E-state index in [4.69, 9.17) is 0 Å². The number of rotatable bonds is 5. The highest BCUT2D eigenvalue weighted by Gasteiger charge is 2.58. The quantitative estimate of drug-likeness (QED) is 0.386. The third-order valence-electron chi connectivity index (χ3n) is 10.2. The van der Waals surface area contributed by atoms with Crippen LogP contribution in [0.2, 0.25) is 13.1 Å². The Labute approximate surface area is 265 Å². The van der Waals surface area contributed by atoms with Gasteiger partial charge in [-0.05, 0) is 83.3 Å². The molecule has 3 aliphatic heterocycles. The van der Waals surface area contributed by atoms with Gasteiger partial charge in [0.05, 0.1) is 0 Å². The van der Waals surface area contributed by atoms with Gasteiger partial charge >= 0.3 is 0 Å². The van der Waals surface area contributed by atoms with Gasteiger partial charge in [0.1, 0.15) is 13.6 Å². The van der Waals surface area contributed by atoms with Gasteiger partial charge in [0.15, 0.2) is 0 Å². The zero-order valence-electron chi connectivity index (χ0n) is 27.3. The van der Waals surface area contributed by atoms with Gasteiger partial charge in [0, 0.05) is 77.3 Å². The first-order chi connectivity index (χ1) is 21.3. The Bertz CT molecular complexity index is 1490. The van der Waals surface area contributed by atoms with Crippen molar-refractivity contribution in [1.29, 1.82) is 0 Å². The predicted molar refractivity (Wildman–Crippen MR) is 187 cm³/mol. The van der Waals surface area contributed by atoms with Gasteiger partial charge in [-0.3, -0.25) is 4.79 Å². The monoisotopic (exact) mass is 610 g/mol. The average Bonchev–Trinajstić information content (AvgIpc) is 3.27.